The van der Waals surface area contributed by atoms with Crippen molar-refractivity contribution in [3.8, 4) is 5.69 Å². The highest BCUT2D eigenvalue weighted by atomic mass is 19.4. The van der Waals surface area contributed by atoms with E-state index in [0.29, 0.717) is 25.9 Å². The van der Waals surface area contributed by atoms with Crippen molar-refractivity contribution in [2.24, 2.45) is 5.92 Å². The number of alkyl halides is 3. The molecule has 186 valence electrons. The number of halogens is 3. The van der Waals surface area contributed by atoms with Crippen LogP contribution in [0.2, 0.25) is 0 Å². The minimum atomic E-state index is -4.74. The number of amides is 2. The lowest BCUT2D eigenvalue weighted by atomic mass is 9.94. The van der Waals surface area contributed by atoms with Gasteiger partial charge in [-0.1, -0.05) is 6.07 Å². The van der Waals surface area contributed by atoms with Crippen LogP contribution in [-0.4, -0.2) is 54.2 Å². The van der Waals surface area contributed by atoms with Gasteiger partial charge in [0.1, 0.15) is 5.82 Å². The number of fused-ring (bicyclic) bond motifs is 1. The summed E-state index contributed by atoms with van der Waals surface area (Å²) >= 11 is 0. The summed E-state index contributed by atoms with van der Waals surface area (Å²) in [5.74, 6) is -1.18. The third-order valence-corrected chi connectivity index (χ3v) is 6.18. The van der Waals surface area contributed by atoms with Crippen LogP contribution in [0, 0.1) is 5.92 Å². The zero-order chi connectivity index (χ0) is 25.3. The highest BCUT2D eigenvalue weighted by Crippen LogP contribution is 2.36. The second-order valence-corrected chi connectivity index (χ2v) is 8.64. The Labute approximate surface area is 203 Å². The van der Waals surface area contributed by atoms with E-state index in [0.717, 1.165) is 30.0 Å². The van der Waals surface area contributed by atoms with Crippen LogP contribution in [0.4, 0.5) is 18.9 Å². The third kappa shape index (κ3) is 4.79. The van der Waals surface area contributed by atoms with Crippen molar-refractivity contribution in [1.29, 1.82) is 0 Å². The second-order valence-electron chi connectivity index (χ2n) is 8.64. The van der Waals surface area contributed by atoms with Crippen molar-refractivity contribution in [1.82, 2.24) is 29.3 Å². The smallest absolute Gasteiger partial charge is 0.334 e. The number of likely N-dealkylation sites (tertiary alicyclic amines) is 1. The van der Waals surface area contributed by atoms with Gasteiger partial charge in [0.15, 0.2) is 5.65 Å². The maximum atomic E-state index is 13.7. The Morgan fingerprint density at radius 3 is 2.72 bits per heavy atom. The lowest BCUT2D eigenvalue weighted by molar-refractivity contribution is -0.144. The fraction of sp³-hybridized carbons (Fsp3) is 0.292. The van der Waals surface area contributed by atoms with Crippen molar-refractivity contribution < 1.29 is 22.8 Å². The van der Waals surface area contributed by atoms with Gasteiger partial charge in [-0.25, -0.2) is 4.68 Å². The Bertz CT molecular complexity index is 1400. The maximum absolute atomic E-state index is 13.7. The number of pyridine rings is 1. The summed E-state index contributed by atoms with van der Waals surface area (Å²) in [6.45, 7) is 0.659. The van der Waals surface area contributed by atoms with E-state index in [4.69, 9.17) is 0 Å². The third-order valence-electron chi connectivity index (χ3n) is 6.18. The van der Waals surface area contributed by atoms with Crippen LogP contribution in [0.3, 0.4) is 0 Å². The average Bonchev–Trinajstić information content (AvgIpc) is 3.54. The molecule has 1 aliphatic heterocycles. The van der Waals surface area contributed by atoms with Gasteiger partial charge in [0.05, 0.1) is 16.9 Å². The first kappa shape index (κ1) is 23.5. The van der Waals surface area contributed by atoms with Crippen LogP contribution >= 0.6 is 0 Å². The van der Waals surface area contributed by atoms with Crippen molar-refractivity contribution in [3.05, 3.63) is 72.4 Å². The molecule has 9 nitrogen and oxygen atoms in total. The Morgan fingerprint density at radius 2 is 1.94 bits per heavy atom. The molecule has 1 saturated heterocycles. The molecular formula is C24H22F3N7O2. The highest BCUT2D eigenvalue weighted by molar-refractivity contribution is 6.39. The predicted molar refractivity (Wildman–Crippen MR) is 123 cm³/mol. The van der Waals surface area contributed by atoms with E-state index in [9.17, 15) is 22.8 Å². The van der Waals surface area contributed by atoms with Gasteiger partial charge in [-0.15, -0.1) is 10.2 Å². The van der Waals surface area contributed by atoms with Gasteiger partial charge in [-0.2, -0.15) is 18.3 Å². The SMILES string of the molecule is O=C(Nc1ccc(-n2cccn2)cc1C(F)(F)F)C(=O)N1CCCC(Cc2nnc3ccccn23)C1. The van der Waals surface area contributed by atoms with Crippen LogP contribution in [0.25, 0.3) is 11.3 Å². The normalized spacial score (nSPS) is 16.3. The molecular weight excluding hydrogens is 475 g/mol. The molecule has 0 spiro atoms. The first-order valence-electron chi connectivity index (χ1n) is 11.4. The number of hydrogen-bond acceptors (Lipinski definition) is 5. The monoisotopic (exact) mass is 497 g/mol. The predicted octanol–water partition coefficient (Wildman–Crippen LogP) is 3.35. The topological polar surface area (TPSA) is 97.4 Å². The number of benzene rings is 1. The maximum Gasteiger partial charge on any atom is 0.418 e. The first-order chi connectivity index (χ1) is 17.3. The van der Waals surface area contributed by atoms with Gasteiger partial charge in [0.25, 0.3) is 0 Å². The Morgan fingerprint density at radius 1 is 1.08 bits per heavy atom. The molecule has 0 radical (unpaired) electrons. The van der Waals surface area contributed by atoms with Crippen LogP contribution < -0.4 is 5.32 Å². The molecule has 1 atom stereocenters. The van der Waals surface area contributed by atoms with E-state index < -0.39 is 29.2 Å². The van der Waals surface area contributed by atoms with Crippen LogP contribution in [-0.2, 0) is 22.2 Å². The van der Waals surface area contributed by atoms with Crippen LogP contribution in [0.1, 0.15) is 24.2 Å². The lowest BCUT2D eigenvalue weighted by Gasteiger charge is -2.32. The summed E-state index contributed by atoms with van der Waals surface area (Å²) < 4.78 is 44.3. The first-order valence-corrected chi connectivity index (χ1v) is 11.4. The Kier molecular flexibility index (Phi) is 6.17. The molecule has 5 rings (SSSR count). The van der Waals surface area contributed by atoms with E-state index in [2.05, 4.69) is 20.6 Å². The zero-order valence-corrected chi connectivity index (χ0v) is 19.0. The molecule has 1 unspecified atom stereocenters. The molecule has 36 heavy (non-hydrogen) atoms. The summed E-state index contributed by atoms with van der Waals surface area (Å²) in [6.07, 6.45) is 2.13. The van der Waals surface area contributed by atoms with Crippen molar-refractivity contribution in [2.75, 3.05) is 18.4 Å². The summed E-state index contributed by atoms with van der Waals surface area (Å²) in [5, 5.41) is 14.5. The van der Waals surface area contributed by atoms with Crippen molar-refractivity contribution in [2.45, 2.75) is 25.4 Å². The van der Waals surface area contributed by atoms with E-state index in [-0.39, 0.29) is 11.6 Å². The van der Waals surface area contributed by atoms with Gasteiger partial charge in [-0.3, -0.25) is 14.0 Å². The number of carbonyl (C=O) groups excluding carboxylic acids is 2. The van der Waals surface area contributed by atoms with Gasteiger partial charge in [0.2, 0.25) is 0 Å². The number of nitrogens with zero attached hydrogens (tertiary/aromatic N) is 6. The molecule has 12 heteroatoms. The van der Waals surface area contributed by atoms with Gasteiger partial charge >= 0.3 is 18.0 Å². The molecule has 4 aromatic rings. The molecule has 0 aliphatic carbocycles. The highest BCUT2D eigenvalue weighted by Gasteiger charge is 2.36. The van der Waals surface area contributed by atoms with E-state index in [1.165, 1.54) is 28.0 Å². The molecule has 1 aromatic carbocycles. The fourth-order valence-corrected chi connectivity index (χ4v) is 4.46. The molecule has 1 fully saturated rings. The van der Waals surface area contributed by atoms with Crippen molar-refractivity contribution in [3.63, 3.8) is 0 Å². The fourth-order valence-electron chi connectivity index (χ4n) is 4.46. The van der Waals surface area contributed by atoms with Gasteiger partial charge in [-0.05, 0) is 55.2 Å². The summed E-state index contributed by atoms with van der Waals surface area (Å²) in [4.78, 5) is 26.9. The molecule has 0 saturated carbocycles. The number of aromatic nitrogens is 5. The standard InChI is InChI=1S/C24H22F3N7O2/c25-24(26,27)18-14-17(34-12-4-9-28-34)7-8-19(18)29-22(35)23(36)32-10-3-5-16(15-32)13-21-31-30-20-6-1-2-11-33(20)21/h1-2,4,6-9,11-12,14,16H,3,5,10,13,15H2,(H,29,35). The van der Waals surface area contributed by atoms with Gasteiger partial charge in [0, 0.05) is 38.1 Å². The Hall–Kier alpha value is -4.22. The quantitative estimate of drug-likeness (QED) is 0.436. The average molecular weight is 497 g/mol. The number of anilines is 1. The number of rotatable bonds is 4. The number of carbonyl (C=O) groups is 2. The molecule has 4 heterocycles. The van der Waals surface area contributed by atoms with E-state index in [1.54, 1.807) is 6.07 Å². The summed E-state index contributed by atoms with van der Waals surface area (Å²) in [5.41, 5.74) is -0.654. The number of nitrogens with one attached hydrogen (secondary N) is 1. The number of hydrogen-bond donors (Lipinski definition) is 1. The molecule has 1 aliphatic rings. The lowest BCUT2D eigenvalue weighted by Crippen LogP contribution is -2.45. The molecule has 3 aromatic heterocycles. The summed E-state index contributed by atoms with van der Waals surface area (Å²) in [7, 11) is 0. The summed E-state index contributed by atoms with van der Waals surface area (Å²) in [6, 6.07) is 10.6. The van der Waals surface area contributed by atoms with Crippen LogP contribution in [0.5, 0.6) is 0 Å². The molecule has 0 bridgehead atoms. The molecule has 2 amide bonds. The minimum Gasteiger partial charge on any atom is -0.334 e. The van der Waals surface area contributed by atoms with E-state index in [1.807, 2.05) is 28.8 Å². The zero-order valence-electron chi connectivity index (χ0n) is 19.0. The second kappa shape index (κ2) is 9.44. The van der Waals surface area contributed by atoms with Crippen molar-refractivity contribution >= 4 is 23.1 Å². The van der Waals surface area contributed by atoms with Gasteiger partial charge < -0.3 is 10.2 Å². The molecule has 1 N–H and O–H groups in total. The van der Waals surface area contributed by atoms with E-state index >= 15 is 0 Å². The van der Waals surface area contributed by atoms with Crippen LogP contribution in [0.15, 0.2) is 61.1 Å². The Balaban J connectivity index is 1.28. The largest absolute Gasteiger partial charge is 0.418 e. The number of piperidine rings is 1. The minimum absolute atomic E-state index is 0.0437.